The molecule has 0 aromatic heterocycles. The van der Waals surface area contributed by atoms with E-state index in [1.807, 2.05) is 6.07 Å². The minimum atomic E-state index is -4.31. The Labute approximate surface area is 130 Å². The van der Waals surface area contributed by atoms with E-state index >= 15 is 0 Å². The van der Waals surface area contributed by atoms with E-state index in [9.17, 15) is 13.2 Å². The lowest BCUT2D eigenvalue weighted by Crippen LogP contribution is -2.07. The third kappa shape index (κ3) is 4.55. The summed E-state index contributed by atoms with van der Waals surface area (Å²) >= 11 is 11.9. The second-order valence-corrected chi connectivity index (χ2v) is 5.33. The summed E-state index contributed by atoms with van der Waals surface area (Å²) in [5.74, 6) is 0. The molecule has 0 heterocycles. The predicted octanol–water partition coefficient (Wildman–Crippen LogP) is 5.67. The van der Waals surface area contributed by atoms with Crippen molar-refractivity contribution in [1.82, 2.24) is 0 Å². The van der Waals surface area contributed by atoms with Crippen LogP contribution in [0.1, 0.15) is 11.1 Å². The third-order valence-electron chi connectivity index (χ3n) is 2.95. The fourth-order valence-electron chi connectivity index (χ4n) is 1.84. The Morgan fingerprint density at radius 3 is 2.19 bits per heavy atom. The van der Waals surface area contributed by atoms with E-state index in [1.54, 1.807) is 12.1 Å². The average molecular weight is 334 g/mol. The number of nitrogens with one attached hydrogen (secondary N) is 1. The lowest BCUT2D eigenvalue weighted by Gasteiger charge is -2.10. The highest BCUT2D eigenvalue weighted by Gasteiger charge is 2.29. The number of hydrogen-bond acceptors (Lipinski definition) is 1. The molecule has 0 radical (unpaired) electrons. The minimum absolute atomic E-state index is 0.562. The first kappa shape index (κ1) is 16.0. The topological polar surface area (TPSA) is 12.0 Å². The first-order chi connectivity index (χ1) is 9.86. The molecule has 2 rings (SSSR count). The molecule has 2 aromatic carbocycles. The predicted molar refractivity (Wildman–Crippen MR) is 80.1 cm³/mol. The molecule has 0 saturated heterocycles. The lowest BCUT2D eigenvalue weighted by molar-refractivity contribution is -0.137. The van der Waals surface area contributed by atoms with E-state index < -0.39 is 11.7 Å². The number of benzene rings is 2. The summed E-state index contributed by atoms with van der Waals surface area (Å²) in [5, 5.41) is 4.20. The molecule has 1 N–H and O–H groups in total. The maximum Gasteiger partial charge on any atom is 0.416 e. The molecular formula is C15H12Cl2F3N. The zero-order chi connectivity index (χ0) is 15.5. The molecule has 0 spiro atoms. The van der Waals surface area contributed by atoms with Crippen molar-refractivity contribution in [2.24, 2.45) is 0 Å². The number of halogens is 5. The van der Waals surface area contributed by atoms with Crippen LogP contribution < -0.4 is 5.32 Å². The summed E-state index contributed by atoms with van der Waals surface area (Å²) in [6.07, 6.45) is -3.66. The van der Waals surface area contributed by atoms with Gasteiger partial charge in [-0.25, -0.2) is 0 Å². The van der Waals surface area contributed by atoms with Crippen LogP contribution in [0.5, 0.6) is 0 Å². The number of anilines is 1. The Balaban J connectivity index is 1.91. The van der Waals surface area contributed by atoms with Crippen molar-refractivity contribution in [3.63, 3.8) is 0 Å². The van der Waals surface area contributed by atoms with E-state index in [-0.39, 0.29) is 0 Å². The van der Waals surface area contributed by atoms with Crippen LogP contribution in [0.25, 0.3) is 0 Å². The SMILES string of the molecule is FC(F)(F)c1ccc(NCCc2ccc(Cl)cc2Cl)cc1. The monoisotopic (exact) mass is 333 g/mol. The quantitative estimate of drug-likeness (QED) is 0.760. The second-order valence-electron chi connectivity index (χ2n) is 4.49. The summed E-state index contributed by atoms with van der Waals surface area (Å²) in [5.41, 5.74) is 0.905. The van der Waals surface area contributed by atoms with Crippen molar-refractivity contribution < 1.29 is 13.2 Å². The number of hydrogen-bond donors (Lipinski definition) is 1. The zero-order valence-corrected chi connectivity index (χ0v) is 12.4. The third-order valence-corrected chi connectivity index (χ3v) is 3.54. The summed E-state index contributed by atoms with van der Waals surface area (Å²) in [7, 11) is 0. The molecule has 21 heavy (non-hydrogen) atoms. The van der Waals surface area contributed by atoms with Gasteiger partial charge in [-0.1, -0.05) is 29.3 Å². The summed E-state index contributed by atoms with van der Waals surface area (Å²) in [4.78, 5) is 0. The highest BCUT2D eigenvalue weighted by Crippen LogP contribution is 2.29. The highest BCUT2D eigenvalue weighted by molar-refractivity contribution is 6.35. The summed E-state index contributed by atoms with van der Waals surface area (Å²) in [6, 6.07) is 10.2. The Morgan fingerprint density at radius 1 is 0.952 bits per heavy atom. The molecule has 112 valence electrons. The van der Waals surface area contributed by atoms with Gasteiger partial charge in [0.2, 0.25) is 0 Å². The van der Waals surface area contributed by atoms with Gasteiger partial charge in [0.15, 0.2) is 0 Å². The molecule has 0 unspecified atom stereocenters. The van der Waals surface area contributed by atoms with Gasteiger partial charge >= 0.3 is 6.18 Å². The van der Waals surface area contributed by atoms with Gasteiger partial charge in [-0.15, -0.1) is 0 Å². The Morgan fingerprint density at radius 2 is 1.62 bits per heavy atom. The van der Waals surface area contributed by atoms with Gasteiger partial charge in [0.1, 0.15) is 0 Å². The average Bonchev–Trinajstić information content (AvgIpc) is 2.41. The molecule has 0 bridgehead atoms. The van der Waals surface area contributed by atoms with Gasteiger partial charge in [-0.2, -0.15) is 13.2 Å². The van der Waals surface area contributed by atoms with E-state index in [1.165, 1.54) is 12.1 Å². The minimum Gasteiger partial charge on any atom is -0.385 e. The molecule has 0 amide bonds. The maximum atomic E-state index is 12.4. The smallest absolute Gasteiger partial charge is 0.385 e. The lowest BCUT2D eigenvalue weighted by atomic mass is 10.1. The van der Waals surface area contributed by atoms with Crippen LogP contribution >= 0.6 is 23.2 Å². The van der Waals surface area contributed by atoms with Crippen LogP contribution in [-0.2, 0) is 12.6 Å². The van der Waals surface area contributed by atoms with Crippen LogP contribution in [0.4, 0.5) is 18.9 Å². The number of alkyl halides is 3. The van der Waals surface area contributed by atoms with E-state index in [2.05, 4.69) is 5.32 Å². The Hall–Kier alpha value is -1.39. The highest BCUT2D eigenvalue weighted by atomic mass is 35.5. The van der Waals surface area contributed by atoms with E-state index in [4.69, 9.17) is 23.2 Å². The van der Waals surface area contributed by atoms with Crippen LogP contribution in [0.3, 0.4) is 0 Å². The second kappa shape index (κ2) is 6.58. The van der Waals surface area contributed by atoms with Crippen molar-refractivity contribution in [3.8, 4) is 0 Å². The Bertz CT molecular complexity index is 609. The van der Waals surface area contributed by atoms with Gasteiger partial charge in [-0.05, 0) is 48.4 Å². The van der Waals surface area contributed by atoms with Crippen molar-refractivity contribution in [3.05, 3.63) is 63.6 Å². The standard InChI is InChI=1S/C15H12Cl2F3N/c16-12-4-1-10(14(17)9-12)7-8-21-13-5-2-11(3-6-13)15(18,19)20/h1-6,9,21H,7-8H2. The zero-order valence-electron chi connectivity index (χ0n) is 10.8. The van der Waals surface area contributed by atoms with E-state index in [0.29, 0.717) is 28.7 Å². The number of rotatable bonds is 4. The van der Waals surface area contributed by atoms with Crippen molar-refractivity contribution >= 4 is 28.9 Å². The molecule has 6 heteroatoms. The van der Waals surface area contributed by atoms with Crippen molar-refractivity contribution in [2.45, 2.75) is 12.6 Å². The van der Waals surface area contributed by atoms with E-state index in [0.717, 1.165) is 17.7 Å². The molecule has 0 aliphatic carbocycles. The fraction of sp³-hybridized carbons (Fsp3) is 0.200. The molecule has 0 aliphatic heterocycles. The fourth-order valence-corrected chi connectivity index (χ4v) is 2.35. The molecule has 1 nitrogen and oxygen atoms in total. The van der Waals surface area contributed by atoms with Gasteiger partial charge in [0.25, 0.3) is 0 Å². The van der Waals surface area contributed by atoms with Crippen molar-refractivity contribution in [1.29, 1.82) is 0 Å². The maximum absolute atomic E-state index is 12.4. The van der Waals surface area contributed by atoms with Crippen LogP contribution in [0.2, 0.25) is 10.0 Å². The van der Waals surface area contributed by atoms with Crippen LogP contribution in [0, 0.1) is 0 Å². The van der Waals surface area contributed by atoms with Crippen LogP contribution in [-0.4, -0.2) is 6.54 Å². The first-order valence-electron chi connectivity index (χ1n) is 6.21. The van der Waals surface area contributed by atoms with Crippen molar-refractivity contribution in [2.75, 3.05) is 11.9 Å². The van der Waals surface area contributed by atoms with Gasteiger partial charge in [0.05, 0.1) is 5.56 Å². The molecule has 0 saturated carbocycles. The van der Waals surface area contributed by atoms with Gasteiger partial charge < -0.3 is 5.32 Å². The van der Waals surface area contributed by atoms with Crippen LogP contribution in [0.15, 0.2) is 42.5 Å². The molecule has 0 aliphatic rings. The summed E-state index contributed by atoms with van der Waals surface area (Å²) in [6.45, 7) is 0.562. The van der Waals surface area contributed by atoms with Gasteiger partial charge in [-0.3, -0.25) is 0 Å². The first-order valence-corrected chi connectivity index (χ1v) is 6.97. The largest absolute Gasteiger partial charge is 0.416 e. The van der Waals surface area contributed by atoms with Gasteiger partial charge in [0, 0.05) is 22.3 Å². The summed E-state index contributed by atoms with van der Waals surface area (Å²) < 4.78 is 37.3. The molecular weight excluding hydrogens is 322 g/mol. The molecule has 0 fully saturated rings. The molecule has 0 atom stereocenters. The normalized spacial score (nSPS) is 11.5. The molecule has 2 aromatic rings. The Kier molecular flexibility index (Phi) is 5.01.